The average Bonchev–Trinajstić information content (AvgIpc) is 2.97. The lowest BCUT2D eigenvalue weighted by Gasteiger charge is -2.19. The standard InChI is InChI=1S/C24H26Cl2N4O2/c1-14(2)11-21(28-23(31)18-10-9-16(25)12-20(18)26)24(32)29-27-13-19-15(3)30(4)22-8-6-5-7-17(19)22/h5-10,12-14,21H,11H2,1-4H3,(H,28,31)(H,29,32)/b27-13-/t21-/m0/s1. The van der Waals surface area contributed by atoms with Crippen LogP contribution >= 0.6 is 23.2 Å². The molecule has 8 heteroatoms. The number of hydrogen-bond acceptors (Lipinski definition) is 3. The van der Waals surface area contributed by atoms with Crippen LogP contribution in [0.4, 0.5) is 0 Å². The van der Waals surface area contributed by atoms with Crippen LogP contribution in [0.5, 0.6) is 0 Å². The number of nitrogens with one attached hydrogen (secondary N) is 2. The number of nitrogens with zero attached hydrogens (tertiary/aromatic N) is 2. The van der Waals surface area contributed by atoms with Gasteiger partial charge in [-0.25, -0.2) is 5.43 Å². The molecule has 2 aromatic carbocycles. The molecule has 0 aliphatic carbocycles. The fraction of sp³-hybridized carbons (Fsp3) is 0.292. The third kappa shape index (κ3) is 5.31. The van der Waals surface area contributed by atoms with Crippen molar-refractivity contribution in [1.82, 2.24) is 15.3 Å². The van der Waals surface area contributed by atoms with Gasteiger partial charge >= 0.3 is 0 Å². The Bertz CT molecular complexity index is 1180. The highest BCUT2D eigenvalue weighted by Crippen LogP contribution is 2.23. The van der Waals surface area contributed by atoms with Crippen molar-refractivity contribution >= 4 is 52.1 Å². The molecule has 168 valence electrons. The second-order valence-corrected chi connectivity index (χ2v) is 8.93. The summed E-state index contributed by atoms with van der Waals surface area (Å²) in [5.41, 5.74) is 5.88. The van der Waals surface area contributed by atoms with Crippen molar-refractivity contribution in [3.63, 3.8) is 0 Å². The first-order chi connectivity index (χ1) is 15.2. The highest BCUT2D eigenvalue weighted by Gasteiger charge is 2.23. The molecule has 0 bridgehead atoms. The van der Waals surface area contributed by atoms with Gasteiger partial charge in [-0.1, -0.05) is 55.2 Å². The molecular formula is C24H26Cl2N4O2. The molecule has 0 saturated carbocycles. The average molecular weight is 473 g/mol. The van der Waals surface area contributed by atoms with Gasteiger partial charge < -0.3 is 9.88 Å². The maximum absolute atomic E-state index is 12.8. The van der Waals surface area contributed by atoms with Gasteiger partial charge in [0.15, 0.2) is 0 Å². The Balaban J connectivity index is 1.75. The van der Waals surface area contributed by atoms with E-state index in [4.69, 9.17) is 23.2 Å². The third-order valence-electron chi connectivity index (χ3n) is 5.32. The third-order valence-corrected chi connectivity index (χ3v) is 5.87. The molecule has 0 saturated heterocycles. The Hall–Kier alpha value is -2.83. The number of carbonyl (C=O) groups excluding carboxylic acids is 2. The Morgan fingerprint density at radius 2 is 1.88 bits per heavy atom. The normalized spacial score (nSPS) is 12.5. The quantitative estimate of drug-likeness (QED) is 0.371. The molecule has 2 amide bonds. The first kappa shape index (κ1) is 23.8. The molecule has 3 rings (SSSR count). The Kier molecular flexibility index (Phi) is 7.59. The van der Waals surface area contributed by atoms with Crippen molar-refractivity contribution in [1.29, 1.82) is 0 Å². The zero-order valence-electron chi connectivity index (χ0n) is 18.4. The number of rotatable bonds is 7. The summed E-state index contributed by atoms with van der Waals surface area (Å²) in [4.78, 5) is 25.5. The summed E-state index contributed by atoms with van der Waals surface area (Å²) >= 11 is 12.0. The number of amides is 2. The Labute approximate surface area is 197 Å². The highest BCUT2D eigenvalue weighted by molar-refractivity contribution is 6.36. The number of fused-ring (bicyclic) bond motifs is 1. The van der Waals surface area contributed by atoms with E-state index in [-0.39, 0.29) is 16.5 Å². The number of benzene rings is 2. The van der Waals surface area contributed by atoms with Crippen molar-refractivity contribution in [3.05, 3.63) is 69.3 Å². The van der Waals surface area contributed by atoms with Crippen molar-refractivity contribution in [3.8, 4) is 0 Å². The van der Waals surface area contributed by atoms with Crippen LogP contribution in [0.1, 0.15) is 41.9 Å². The van der Waals surface area contributed by atoms with Crippen LogP contribution in [0.2, 0.25) is 10.0 Å². The van der Waals surface area contributed by atoms with Crippen LogP contribution in [0.25, 0.3) is 10.9 Å². The van der Waals surface area contributed by atoms with Gasteiger partial charge in [0.2, 0.25) is 0 Å². The Morgan fingerprint density at radius 3 is 2.56 bits per heavy atom. The van der Waals surface area contributed by atoms with Crippen LogP contribution in [0.15, 0.2) is 47.6 Å². The van der Waals surface area contributed by atoms with E-state index in [1.54, 1.807) is 12.3 Å². The van der Waals surface area contributed by atoms with Crippen LogP contribution in [-0.4, -0.2) is 28.6 Å². The van der Waals surface area contributed by atoms with Gasteiger partial charge in [0.05, 0.1) is 16.8 Å². The molecule has 0 aliphatic rings. The molecule has 3 aromatic rings. The number of hydrazone groups is 1. The van der Waals surface area contributed by atoms with Gasteiger partial charge in [0.25, 0.3) is 11.8 Å². The maximum Gasteiger partial charge on any atom is 0.262 e. The van der Waals surface area contributed by atoms with Gasteiger partial charge in [-0.15, -0.1) is 0 Å². The minimum Gasteiger partial charge on any atom is -0.347 e. The molecule has 0 radical (unpaired) electrons. The Morgan fingerprint density at radius 1 is 1.16 bits per heavy atom. The molecule has 0 fully saturated rings. The second-order valence-electron chi connectivity index (χ2n) is 8.09. The first-order valence-corrected chi connectivity index (χ1v) is 11.1. The predicted octanol–water partition coefficient (Wildman–Crippen LogP) is 5.09. The number of hydrogen-bond donors (Lipinski definition) is 2. The predicted molar refractivity (Wildman–Crippen MR) is 131 cm³/mol. The molecule has 0 spiro atoms. The molecule has 32 heavy (non-hydrogen) atoms. The molecule has 2 N–H and O–H groups in total. The largest absolute Gasteiger partial charge is 0.347 e. The van der Waals surface area contributed by atoms with E-state index in [2.05, 4.69) is 20.4 Å². The first-order valence-electron chi connectivity index (χ1n) is 10.3. The smallest absolute Gasteiger partial charge is 0.262 e. The number of para-hydroxylation sites is 1. The SMILES string of the molecule is Cc1c(/C=N\NC(=O)[C@H](CC(C)C)NC(=O)c2ccc(Cl)cc2Cl)c2ccccc2n1C. The summed E-state index contributed by atoms with van der Waals surface area (Å²) in [7, 11) is 1.99. The summed E-state index contributed by atoms with van der Waals surface area (Å²) in [5.74, 6) is -0.663. The lowest BCUT2D eigenvalue weighted by Crippen LogP contribution is -2.46. The summed E-state index contributed by atoms with van der Waals surface area (Å²) in [5, 5.41) is 8.64. The summed E-state index contributed by atoms with van der Waals surface area (Å²) in [6.45, 7) is 5.95. The molecular weight excluding hydrogens is 447 g/mol. The van der Waals surface area contributed by atoms with Crippen LogP contribution in [0.3, 0.4) is 0 Å². The lowest BCUT2D eigenvalue weighted by molar-refractivity contribution is -0.123. The van der Waals surface area contributed by atoms with Crippen molar-refractivity contribution in [2.24, 2.45) is 18.1 Å². The van der Waals surface area contributed by atoms with Gasteiger partial charge in [-0.3, -0.25) is 9.59 Å². The maximum atomic E-state index is 12.8. The zero-order valence-corrected chi connectivity index (χ0v) is 20.0. The van der Waals surface area contributed by atoms with Crippen LogP contribution in [0, 0.1) is 12.8 Å². The second kappa shape index (κ2) is 10.2. The summed E-state index contributed by atoms with van der Waals surface area (Å²) < 4.78 is 2.08. The minimum absolute atomic E-state index is 0.177. The van der Waals surface area contributed by atoms with Gasteiger partial charge in [0, 0.05) is 34.2 Å². The van der Waals surface area contributed by atoms with Crippen LogP contribution < -0.4 is 10.7 Å². The molecule has 1 atom stereocenters. The topological polar surface area (TPSA) is 75.5 Å². The van der Waals surface area contributed by atoms with Gasteiger partial charge in [0.1, 0.15) is 6.04 Å². The van der Waals surface area contributed by atoms with Crippen molar-refractivity contribution < 1.29 is 9.59 Å². The van der Waals surface area contributed by atoms with Crippen LogP contribution in [-0.2, 0) is 11.8 Å². The number of carbonyl (C=O) groups is 2. The van der Waals surface area contributed by atoms with Crippen molar-refractivity contribution in [2.75, 3.05) is 0 Å². The molecule has 6 nitrogen and oxygen atoms in total. The van der Waals surface area contributed by atoms with Gasteiger partial charge in [-0.05, 0) is 43.5 Å². The fourth-order valence-corrected chi connectivity index (χ4v) is 4.06. The van der Waals surface area contributed by atoms with E-state index < -0.39 is 17.9 Å². The molecule has 1 heterocycles. The highest BCUT2D eigenvalue weighted by atomic mass is 35.5. The monoisotopic (exact) mass is 472 g/mol. The van der Waals surface area contributed by atoms with E-state index >= 15 is 0 Å². The number of aryl methyl sites for hydroxylation is 1. The molecule has 1 aromatic heterocycles. The van der Waals surface area contributed by atoms with E-state index in [9.17, 15) is 9.59 Å². The van der Waals surface area contributed by atoms with Crippen molar-refractivity contribution in [2.45, 2.75) is 33.2 Å². The summed E-state index contributed by atoms with van der Waals surface area (Å²) in [6, 6.07) is 11.8. The minimum atomic E-state index is -0.764. The molecule has 0 unspecified atom stereocenters. The summed E-state index contributed by atoms with van der Waals surface area (Å²) in [6.07, 6.45) is 2.09. The number of halogens is 2. The number of aromatic nitrogens is 1. The molecule has 0 aliphatic heterocycles. The zero-order chi connectivity index (χ0) is 23.4. The van der Waals surface area contributed by atoms with Gasteiger partial charge in [-0.2, -0.15) is 5.10 Å². The van der Waals surface area contributed by atoms with E-state index in [1.165, 1.54) is 12.1 Å². The van der Waals surface area contributed by atoms with E-state index in [1.807, 2.05) is 52.1 Å². The van der Waals surface area contributed by atoms with E-state index in [0.29, 0.717) is 11.4 Å². The fourth-order valence-electron chi connectivity index (χ4n) is 3.56. The lowest BCUT2D eigenvalue weighted by atomic mass is 10.0. The van der Waals surface area contributed by atoms with E-state index in [0.717, 1.165) is 22.2 Å².